The SMILES string of the molecule is CCc1nn(C)cc1C(=O)N[C@H]1CC[C@@H](Nc2cccc3nc(C(F)F)cn23)CC1. The summed E-state index contributed by atoms with van der Waals surface area (Å²) in [6.45, 7) is 1.99. The molecule has 7 nitrogen and oxygen atoms in total. The van der Waals surface area contributed by atoms with Gasteiger partial charge in [0.15, 0.2) is 0 Å². The number of halogens is 2. The van der Waals surface area contributed by atoms with Crippen LogP contribution in [0.1, 0.15) is 60.8 Å². The smallest absolute Gasteiger partial charge is 0.281 e. The van der Waals surface area contributed by atoms with Crippen molar-refractivity contribution < 1.29 is 13.6 Å². The number of carbonyl (C=O) groups excluding carboxylic acids is 1. The van der Waals surface area contributed by atoms with Gasteiger partial charge in [0.05, 0.1) is 11.3 Å². The number of aromatic nitrogens is 4. The Morgan fingerprint density at radius 3 is 2.63 bits per heavy atom. The molecule has 1 aliphatic rings. The number of nitrogens with one attached hydrogen (secondary N) is 2. The van der Waals surface area contributed by atoms with Crippen LogP contribution >= 0.6 is 0 Å². The fraction of sp³-hybridized carbons (Fsp3) is 0.476. The Balaban J connectivity index is 1.36. The number of nitrogens with zero attached hydrogens (tertiary/aromatic N) is 4. The lowest BCUT2D eigenvalue weighted by Gasteiger charge is -2.30. The number of hydrogen-bond donors (Lipinski definition) is 2. The Labute approximate surface area is 173 Å². The third-order valence-electron chi connectivity index (χ3n) is 5.63. The predicted molar refractivity (Wildman–Crippen MR) is 110 cm³/mol. The Morgan fingerprint density at radius 1 is 1.20 bits per heavy atom. The topological polar surface area (TPSA) is 76.2 Å². The maximum absolute atomic E-state index is 13.0. The molecule has 4 rings (SSSR count). The first kappa shape index (κ1) is 20.3. The highest BCUT2D eigenvalue weighted by Crippen LogP contribution is 2.25. The second-order valence-corrected chi connectivity index (χ2v) is 7.79. The van der Waals surface area contributed by atoms with Crippen molar-refractivity contribution in [2.75, 3.05) is 5.32 Å². The molecule has 0 spiro atoms. The molecule has 0 aromatic carbocycles. The Bertz CT molecular complexity index is 1040. The van der Waals surface area contributed by atoms with E-state index in [1.54, 1.807) is 21.3 Å². The predicted octanol–water partition coefficient (Wildman–Crippen LogP) is 3.72. The minimum Gasteiger partial charge on any atom is -0.368 e. The molecule has 3 aromatic rings. The maximum atomic E-state index is 13.0. The van der Waals surface area contributed by atoms with Gasteiger partial charge < -0.3 is 10.6 Å². The lowest BCUT2D eigenvalue weighted by molar-refractivity contribution is 0.0925. The van der Waals surface area contributed by atoms with Gasteiger partial charge in [-0.3, -0.25) is 13.9 Å². The molecule has 0 bridgehead atoms. The fourth-order valence-corrected chi connectivity index (χ4v) is 4.09. The number of fused-ring (bicyclic) bond motifs is 1. The molecule has 0 radical (unpaired) electrons. The second-order valence-electron chi connectivity index (χ2n) is 7.79. The molecule has 0 atom stereocenters. The van der Waals surface area contributed by atoms with Crippen molar-refractivity contribution in [3.63, 3.8) is 0 Å². The molecule has 0 aliphatic heterocycles. The summed E-state index contributed by atoms with van der Waals surface area (Å²) in [6, 6.07) is 5.73. The quantitative estimate of drug-likeness (QED) is 0.642. The van der Waals surface area contributed by atoms with Crippen LogP contribution in [0.2, 0.25) is 0 Å². The van der Waals surface area contributed by atoms with Crippen LogP contribution in [0, 0.1) is 0 Å². The van der Waals surface area contributed by atoms with Crippen LogP contribution in [-0.4, -0.2) is 37.2 Å². The van der Waals surface area contributed by atoms with Crippen molar-refractivity contribution in [2.24, 2.45) is 7.05 Å². The van der Waals surface area contributed by atoms with Gasteiger partial charge in [-0.25, -0.2) is 13.8 Å². The number of alkyl halides is 2. The third kappa shape index (κ3) is 4.15. The van der Waals surface area contributed by atoms with Gasteiger partial charge in [0.25, 0.3) is 12.3 Å². The highest BCUT2D eigenvalue weighted by Gasteiger charge is 2.25. The van der Waals surface area contributed by atoms with Gasteiger partial charge in [0.2, 0.25) is 0 Å². The van der Waals surface area contributed by atoms with Crippen LogP contribution in [0.15, 0.2) is 30.6 Å². The van der Waals surface area contributed by atoms with Gasteiger partial charge in [-0.15, -0.1) is 0 Å². The van der Waals surface area contributed by atoms with Crippen molar-refractivity contribution in [2.45, 2.75) is 57.5 Å². The largest absolute Gasteiger partial charge is 0.368 e. The first-order valence-corrected chi connectivity index (χ1v) is 10.3. The summed E-state index contributed by atoms with van der Waals surface area (Å²) in [6.07, 6.45) is 4.74. The second kappa shape index (κ2) is 8.41. The number of imidazole rings is 1. The molecule has 160 valence electrons. The number of rotatable bonds is 6. The Hall–Kier alpha value is -2.97. The van der Waals surface area contributed by atoms with Crippen molar-refractivity contribution in [1.29, 1.82) is 0 Å². The number of hydrogen-bond acceptors (Lipinski definition) is 4. The van der Waals surface area contributed by atoms with Crippen molar-refractivity contribution >= 4 is 17.4 Å². The van der Waals surface area contributed by atoms with E-state index >= 15 is 0 Å². The lowest BCUT2D eigenvalue weighted by atomic mass is 9.91. The molecule has 3 heterocycles. The molecule has 1 saturated carbocycles. The molecule has 9 heteroatoms. The number of anilines is 1. The van der Waals surface area contributed by atoms with E-state index < -0.39 is 6.43 Å². The van der Waals surface area contributed by atoms with Crippen LogP contribution < -0.4 is 10.6 Å². The van der Waals surface area contributed by atoms with E-state index in [1.807, 2.05) is 26.1 Å². The Kier molecular flexibility index (Phi) is 5.69. The van der Waals surface area contributed by atoms with Gasteiger partial charge in [0.1, 0.15) is 17.2 Å². The summed E-state index contributed by atoms with van der Waals surface area (Å²) in [7, 11) is 1.82. The molecular formula is C21H26F2N6O. The molecule has 0 unspecified atom stereocenters. The minimum atomic E-state index is -2.59. The van der Waals surface area contributed by atoms with Crippen molar-refractivity contribution in [1.82, 2.24) is 24.5 Å². The Morgan fingerprint density at radius 2 is 1.93 bits per heavy atom. The maximum Gasteiger partial charge on any atom is 0.281 e. The first-order chi connectivity index (χ1) is 14.4. The average Bonchev–Trinajstić information content (AvgIpc) is 3.33. The fourth-order valence-electron chi connectivity index (χ4n) is 4.09. The highest BCUT2D eigenvalue weighted by molar-refractivity contribution is 5.95. The van der Waals surface area contributed by atoms with E-state index in [4.69, 9.17) is 0 Å². The molecule has 30 heavy (non-hydrogen) atoms. The van der Waals surface area contributed by atoms with Crippen molar-refractivity contribution in [3.05, 3.63) is 47.5 Å². The summed E-state index contributed by atoms with van der Waals surface area (Å²) < 4.78 is 29.3. The number of carbonyl (C=O) groups is 1. The summed E-state index contributed by atoms with van der Waals surface area (Å²) >= 11 is 0. The van der Waals surface area contributed by atoms with E-state index in [9.17, 15) is 13.6 Å². The van der Waals surface area contributed by atoms with Gasteiger partial charge in [-0.05, 0) is 44.2 Å². The molecule has 1 amide bonds. The van der Waals surface area contributed by atoms with Crippen LogP contribution in [0.3, 0.4) is 0 Å². The van der Waals surface area contributed by atoms with Crippen molar-refractivity contribution in [3.8, 4) is 0 Å². The minimum absolute atomic E-state index is 0.0703. The van der Waals surface area contributed by atoms with Crippen LogP contribution in [0.25, 0.3) is 5.65 Å². The van der Waals surface area contributed by atoms with E-state index in [1.165, 1.54) is 6.20 Å². The molecule has 2 N–H and O–H groups in total. The molecule has 3 aromatic heterocycles. The number of amides is 1. The van der Waals surface area contributed by atoms with Crippen LogP contribution in [0.5, 0.6) is 0 Å². The van der Waals surface area contributed by atoms with E-state index in [0.717, 1.165) is 37.2 Å². The van der Waals surface area contributed by atoms with Gasteiger partial charge in [-0.1, -0.05) is 13.0 Å². The third-order valence-corrected chi connectivity index (χ3v) is 5.63. The number of pyridine rings is 1. The average molecular weight is 416 g/mol. The molecular weight excluding hydrogens is 390 g/mol. The number of aryl methyl sites for hydroxylation is 2. The van der Waals surface area contributed by atoms with Gasteiger partial charge >= 0.3 is 0 Å². The zero-order valence-corrected chi connectivity index (χ0v) is 17.1. The normalized spacial score (nSPS) is 19.4. The standard InChI is InChI=1S/C21H26F2N6O/c1-3-16-15(11-28(2)27-16)21(30)25-14-9-7-13(8-10-14)24-18-5-4-6-19-26-17(20(22)23)12-29(18)19/h4-6,11-14,20,24H,3,7-10H2,1-2H3,(H,25,30)/t13-,14+. The molecule has 0 saturated heterocycles. The highest BCUT2D eigenvalue weighted by atomic mass is 19.3. The summed E-state index contributed by atoms with van der Waals surface area (Å²) in [4.78, 5) is 16.6. The first-order valence-electron chi connectivity index (χ1n) is 10.3. The van der Waals surface area contributed by atoms with E-state index in [-0.39, 0.29) is 23.7 Å². The summed E-state index contributed by atoms with van der Waals surface area (Å²) in [5.74, 6) is 0.682. The zero-order chi connectivity index (χ0) is 21.3. The van der Waals surface area contributed by atoms with Gasteiger partial charge in [0, 0.05) is 31.5 Å². The summed E-state index contributed by atoms with van der Waals surface area (Å²) in [5.41, 5.74) is 1.72. The summed E-state index contributed by atoms with van der Waals surface area (Å²) in [5, 5.41) is 10.9. The van der Waals surface area contributed by atoms with Gasteiger partial charge in [-0.2, -0.15) is 5.10 Å². The zero-order valence-electron chi connectivity index (χ0n) is 17.1. The van der Waals surface area contributed by atoms with E-state index in [0.29, 0.717) is 17.6 Å². The molecule has 1 aliphatic carbocycles. The van der Waals surface area contributed by atoms with Crippen LogP contribution in [0.4, 0.5) is 14.6 Å². The molecule has 1 fully saturated rings. The lowest BCUT2D eigenvalue weighted by Crippen LogP contribution is -2.40. The monoisotopic (exact) mass is 416 g/mol. The van der Waals surface area contributed by atoms with E-state index in [2.05, 4.69) is 20.7 Å². The van der Waals surface area contributed by atoms with Crippen LogP contribution in [-0.2, 0) is 13.5 Å².